The van der Waals surface area contributed by atoms with Crippen molar-refractivity contribution in [2.45, 2.75) is 25.8 Å². The first-order valence-corrected chi connectivity index (χ1v) is 7.59. The molecule has 1 aromatic heterocycles. The molecule has 2 aromatic rings. The molecule has 1 heterocycles. The fraction of sp³-hybridized carbons (Fsp3) is 0.312. The van der Waals surface area contributed by atoms with Crippen LogP contribution in [0.4, 0.5) is 4.39 Å². The van der Waals surface area contributed by atoms with Crippen LogP contribution in [0.25, 0.3) is 10.4 Å². The minimum absolute atomic E-state index is 0.176. The summed E-state index contributed by atoms with van der Waals surface area (Å²) in [7, 11) is 0. The Morgan fingerprint density at radius 3 is 2.90 bits per heavy atom. The molecule has 2 rings (SSSR count). The first-order valence-electron chi connectivity index (χ1n) is 6.71. The summed E-state index contributed by atoms with van der Waals surface area (Å²) < 4.78 is 13.8. The standard InChI is InChI=1S/C16H17FN2S/c17-15-7-6-13(12-19-9-3-1-2-8-18)11-14(15)16-5-4-10-20-16/h4-7,10-11,19H,1-3,9,12H2. The summed E-state index contributed by atoms with van der Waals surface area (Å²) >= 11 is 1.55. The van der Waals surface area contributed by atoms with Crippen LogP contribution in [-0.4, -0.2) is 6.54 Å². The minimum Gasteiger partial charge on any atom is -0.313 e. The fourth-order valence-electron chi connectivity index (χ4n) is 1.99. The molecule has 1 aromatic carbocycles. The fourth-order valence-corrected chi connectivity index (χ4v) is 2.73. The lowest BCUT2D eigenvalue weighted by Crippen LogP contribution is -2.14. The molecule has 4 heteroatoms. The predicted octanol–water partition coefficient (Wildman–Crippen LogP) is 4.34. The van der Waals surface area contributed by atoms with Crippen molar-refractivity contribution >= 4 is 11.3 Å². The van der Waals surface area contributed by atoms with E-state index in [9.17, 15) is 4.39 Å². The number of unbranched alkanes of at least 4 members (excludes halogenated alkanes) is 2. The third kappa shape index (κ3) is 4.16. The van der Waals surface area contributed by atoms with Crippen molar-refractivity contribution in [2.75, 3.05) is 6.54 Å². The molecule has 0 radical (unpaired) electrons. The highest BCUT2D eigenvalue weighted by atomic mass is 32.1. The number of nitriles is 1. The van der Waals surface area contributed by atoms with Gasteiger partial charge in [-0.2, -0.15) is 5.26 Å². The number of nitrogens with zero attached hydrogens (tertiary/aromatic N) is 1. The highest BCUT2D eigenvalue weighted by Gasteiger charge is 2.07. The third-order valence-corrected chi connectivity index (χ3v) is 3.94. The molecule has 0 amide bonds. The molecule has 0 aliphatic rings. The quantitative estimate of drug-likeness (QED) is 0.769. The van der Waals surface area contributed by atoms with Crippen molar-refractivity contribution in [1.82, 2.24) is 5.32 Å². The van der Waals surface area contributed by atoms with Crippen LogP contribution < -0.4 is 5.32 Å². The van der Waals surface area contributed by atoms with Crippen molar-refractivity contribution < 1.29 is 4.39 Å². The molecule has 0 atom stereocenters. The second kappa shape index (κ2) is 7.78. The number of nitrogens with one attached hydrogen (secondary N) is 1. The third-order valence-electron chi connectivity index (χ3n) is 3.04. The van der Waals surface area contributed by atoms with E-state index >= 15 is 0 Å². The summed E-state index contributed by atoms with van der Waals surface area (Å²) in [5.74, 6) is -0.176. The van der Waals surface area contributed by atoms with Gasteiger partial charge in [-0.1, -0.05) is 12.1 Å². The van der Waals surface area contributed by atoms with E-state index in [-0.39, 0.29) is 5.82 Å². The summed E-state index contributed by atoms with van der Waals surface area (Å²) in [6, 6.07) is 11.3. The van der Waals surface area contributed by atoms with Gasteiger partial charge in [-0.15, -0.1) is 11.3 Å². The Morgan fingerprint density at radius 2 is 2.15 bits per heavy atom. The van der Waals surface area contributed by atoms with E-state index < -0.39 is 0 Å². The van der Waals surface area contributed by atoms with Gasteiger partial charge >= 0.3 is 0 Å². The zero-order valence-corrected chi connectivity index (χ0v) is 12.0. The molecular weight excluding hydrogens is 271 g/mol. The molecule has 1 N–H and O–H groups in total. The minimum atomic E-state index is -0.176. The second-order valence-electron chi connectivity index (χ2n) is 4.58. The van der Waals surface area contributed by atoms with Crippen molar-refractivity contribution in [2.24, 2.45) is 0 Å². The van der Waals surface area contributed by atoms with Crippen molar-refractivity contribution in [1.29, 1.82) is 5.26 Å². The average molecular weight is 288 g/mol. The van der Waals surface area contributed by atoms with Crippen molar-refractivity contribution in [3.05, 3.63) is 47.1 Å². The zero-order valence-electron chi connectivity index (χ0n) is 11.2. The lowest BCUT2D eigenvalue weighted by Gasteiger charge is -2.07. The van der Waals surface area contributed by atoms with E-state index in [2.05, 4.69) is 11.4 Å². The van der Waals surface area contributed by atoms with Crippen LogP contribution >= 0.6 is 11.3 Å². The molecule has 0 saturated carbocycles. The molecule has 0 spiro atoms. The van der Waals surface area contributed by atoms with Gasteiger partial charge in [0.1, 0.15) is 5.82 Å². The average Bonchev–Trinajstić information content (AvgIpc) is 2.98. The van der Waals surface area contributed by atoms with Crippen LogP contribution in [0.3, 0.4) is 0 Å². The lowest BCUT2D eigenvalue weighted by atomic mass is 10.1. The van der Waals surface area contributed by atoms with E-state index in [1.54, 1.807) is 11.3 Å². The van der Waals surface area contributed by atoms with E-state index in [4.69, 9.17) is 5.26 Å². The van der Waals surface area contributed by atoms with Gasteiger partial charge in [0, 0.05) is 23.4 Å². The molecule has 20 heavy (non-hydrogen) atoms. The van der Waals surface area contributed by atoms with Crippen LogP contribution in [0.1, 0.15) is 24.8 Å². The molecule has 0 unspecified atom stereocenters. The summed E-state index contributed by atoms with van der Waals surface area (Å²) in [6.07, 6.45) is 2.53. The number of hydrogen-bond acceptors (Lipinski definition) is 3. The first-order chi connectivity index (χ1) is 9.81. The topological polar surface area (TPSA) is 35.8 Å². The molecule has 2 nitrogen and oxygen atoms in total. The number of halogens is 1. The smallest absolute Gasteiger partial charge is 0.131 e. The first kappa shape index (κ1) is 14.7. The highest BCUT2D eigenvalue weighted by molar-refractivity contribution is 7.13. The molecule has 104 valence electrons. The molecule has 0 aliphatic carbocycles. The second-order valence-corrected chi connectivity index (χ2v) is 5.53. The molecule has 0 aliphatic heterocycles. The molecule has 0 fully saturated rings. The Labute approximate surface area is 122 Å². The maximum Gasteiger partial charge on any atom is 0.131 e. The van der Waals surface area contributed by atoms with Crippen molar-refractivity contribution in [3.8, 4) is 16.5 Å². The summed E-state index contributed by atoms with van der Waals surface area (Å²) in [4.78, 5) is 0.957. The maximum atomic E-state index is 13.8. The van der Waals surface area contributed by atoms with Gasteiger partial charge in [-0.25, -0.2) is 4.39 Å². The Hall–Kier alpha value is -1.70. The Kier molecular flexibility index (Phi) is 5.72. The SMILES string of the molecule is N#CCCCCNCc1ccc(F)c(-c2cccs2)c1. The van der Waals surface area contributed by atoms with Crippen LogP contribution in [0, 0.1) is 17.1 Å². The summed E-state index contributed by atoms with van der Waals surface area (Å²) in [5, 5.41) is 13.7. The van der Waals surface area contributed by atoms with Gasteiger partial charge in [0.25, 0.3) is 0 Å². The van der Waals surface area contributed by atoms with Gasteiger partial charge < -0.3 is 5.32 Å². The Morgan fingerprint density at radius 1 is 1.25 bits per heavy atom. The van der Waals surface area contributed by atoms with Crippen LogP contribution in [0.2, 0.25) is 0 Å². The number of benzene rings is 1. The van der Waals surface area contributed by atoms with Gasteiger partial charge in [0.15, 0.2) is 0 Å². The van der Waals surface area contributed by atoms with Gasteiger partial charge in [0.05, 0.1) is 6.07 Å². The maximum absolute atomic E-state index is 13.8. The number of rotatable bonds is 7. The van der Waals surface area contributed by atoms with Crippen LogP contribution in [-0.2, 0) is 6.54 Å². The summed E-state index contributed by atoms with van der Waals surface area (Å²) in [6.45, 7) is 1.61. The lowest BCUT2D eigenvalue weighted by molar-refractivity contribution is 0.620. The van der Waals surface area contributed by atoms with Gasteiger partial charge in [-0.05, 0) is 48.5 Å². The van der Waals surface area contributed by atoms with Gasteiger partial charge in [0.2, 0.25) is 0 Å². The van der Waals surface area contributed by atoms with Crippen LogP contribution in [0.15, 0.2) is 35.7 Å². The van der Waals surface area contributed by atoms with E-state index in [1.165, 1.54) is 6.07 Å². The normalized spacial score (nSPS) is 10.4. The van der Waals surface area contributed by atoms with E-state index in [0.717, 1.165) is 36.4 Å². The van der Waals surface area contributed by atoms with E-state index in [0.29, 0.717) is 12.0 Å². The number of hydrogen-bond donors (Lipinski definition) is 1. The van der Waals surface area contributed by atoms with Crippen LogP contribution in [0.5, 0.6) is 0 Å². The predicted molar refractivity (Wildman–Crippen MR) is 80.9 cm³/mol. The van der Waals surface area contributed by atoms with Crippen molar-refractivity contribution in [3.63, 3.8) is 0 Å². The largest absolute Gasteiger partial charge is 0.313 e. The number of thiophene rings is 1. The Bertz CT molecular complexity index is 573. The van der Waals surface area contributed by atoms with E-state index in [1.807, 2.05) is 29.6 Å². The zero-order chi connectivity index (χ0) is 14.2. The molecule has 0 bridgehead atoms. The monoisotopic (exact) mass is 288 g/mol. The molecular formula is C16H17FN2S. The van der Waals surface area contributed by atoms with Gasteiger partial charge in [-0.3, -0.25) is 0 Å². The Balaban J connectivity index is 1.90. The molecule has 0 saturated heterocycles. The summed E-state index contributed by atoms with van der Waals surface area (Å²) in [5.41, 5.74) is 1.75. The highest BCUT2D eigenvalue weighted by Crippen LogP contribution is 2.28.